The monoisotopic (exact) mass is 435 g/mol. The molecule has 0 aliphatic carbocycles. The van der Waals surface area contributed by atoms with Crippen molar-refractivity contribution in [3.63, 3.8) is 0 Å². The Balaban J connectivity index is 1.85. The average molecular weight is 436 g/mol. The summed E-state index contributed by atoms with van der Waals surface area (Å²) in [5, 5.41) is 9.14. The molecule has 30 heavy (non-hydrogen) atoms. The third-order valence-corrected chi connectivity index (χ3v) is 6.98. The van der Waals surface area contributed by atoms with Gasteiger partial charge in [0, 0.05) is 32.7 Å². The third-order valence-electron chi connectivity index (χ3n) is 5.03. The Bertz CT molecular complexity index is 989. The van der Waals surface area contributed by atoms with Crippen LogP contribution in [0.2, 0.25) is 0 Å². The van der Waals surface area contributed by atoms with Gasteiger partial charge in [0.25, 0.3) is 5.91 Å². The minimum atomic E-state index is -4.00. The number of hydroxylamine groups is 1. The summed E-state index contributed by atoms with van der Waals surface area (Å²) < 4.78 is 38.3. The number of carbonyl (C=O) groups excluding carboxylic acids is 1. The van der Waals surface area contributed by atoms with Crippen LogP contribution >= 0.6 is 0 Å². The largest absolute Gasteiger partial charge is 0.493 e. The topological polar surface area (TPSA) is 108 Å². The van der Waals surface area contributed by atoms with Gasteiger partial charge in [-0.25, -0.2) is 13.9 Å². The van der Waals surface area contributed by atoms with Gasteiger partial charge >= 0.3 is 0 Å². The lowest BCUT2D eigenvalue weighted by atomic mass is 10.1. The van der Waals surface area contributed by atoms with Crippen molar-refractivity contribution in [2.24, 2.45) is 0 Å². The molecule has 162 valence electrons. The molecule has 9 nitrogen and oxygen atoms in total. The molecule has 1 fully saturated rings. The predicted molar refractivity (Wildman–Crippen MR) is 109 cm³/mol. The highest BCUT2D eigenvalue weighted by atomic mass is 32.2. The molecule has 0 aromatic heterocycles. The van der Waals surface area contributed by atoms with Crippen molar-refractivity contribution < 1.29 is 27.9 Å². The van der Waals surface area contributed by atoms with Gasteiger partial charge in [-0.15, -0.1) is 0 Å². The molecule has 10 heteroatoms. The fourth-order valence-corrected chi connectivity index (χ4v) is 5.11. The molecule has 2 aromatic rings. The molecule has 0 bridgehead atoms. The summed E-state index contributed by atoms with van der Waals surface area (Å²) in [6.07, 6.45) is 0. The highest BCUT2D eigenvalue weighted by molar-refractivity contribution is 7.89. The average Bonchev–Trinajstić information content (AvgIpc) is 2.78. The van der Waals surface area contributed by atoms with E-state index in [1.54, 1.807) is 0 Å². The predicted octanol–water partition coefficient (Wildman–Crippen LogP) is 1.33. The van der Waals surface area contributed by atoms with Crippen molar-refractivity contribution in [1.29, 1.82) is 0 Å². The summed E-state index contributed by atoms with van der Waals surface area (Å²) in [4.78, 5) is 14.2. The third kappa shape index (κ3) is 4.41. The van der Waals surface area contributed by atoms with Crippen LogP contribution in [0.4, 0.5) is 0 Å². The fourth-order valence-electron chi connectivity index (χ4n) is 3.50. The quantitative estimate of drug-likeness (QED) is 0.499. The van der Waals surface area contributed by atoms with Gasteiger partial charge < -0.3 is 9.47 Å². The van der Waals surface area contributed by atoms with Gasteiger partial charge in [0.1, 0.15) is 5.56 Å². The maximum absolute atomic E-state index is 13.3. The smallest absolute Gasteiger partial charge is 0.279 e. The van der Waals surface area contributed by atoms with Crippen LogP contribution in [0.25, 0.3) is 0 Å². The lowest BCUT2D eigenvalue weighted by Crippen LogP contribution is -2.48. The maximum Gasteiger partial charge on any atom is 0.279 e. The van der Waals surface area contributed by atoms with Gasteiger partial charge in [0.15, 0.2) is 11.5 Å². The van der Waals surface area contributed by atoms with Crippen molar-refractivity contribution in [1.82, 2.24) is 14.7 Å². The lowest BCUT2D eigenvalue weighted by Gasteiger charge is -2.34. The van der Waals surface area contributed by atoms with E-state index in [2.05, 4.69) is 4.90 Å². The number of hydrogen-bond acceptors (Lipinski definition) is 7. The first-order valence-electron chi connectivity index (χ1n) is 9.38. The summed E-state index contributed by atoms with van der Waals surface area (Å²) in [6, 6.07) is 12.7. The summed E-state index contributed by atoms with van der Waals surface area (Å²) in [7, 11) is -1.33. The van der Waals surface area contributed by atoms with Crippen LogP contribution in [0, 0.1) is 0 Å². The van der Waals surface area contributed by atoms with E-state index in [0.717, 1.165) is 12.1 Å². The second-order valence-electron chi connectivity index (χ2n) is 6.78. The lowest BCUT2D eigenvalue weighted by molar-refractivity contribution is 0.0698. The Hall–Kier alpha value is -2.66. The number of piperazine rings is 1. The molecule has 3 rings (SSSR count). The molecule has 0 saturated carbocycles. The van der Waals surface area contributed by atoms with Crippen LogP contribution < -0.4 is 15.0 Å². The molecule has 0 radical (unpaired) electrons. The van der Waals surface area contributed by atoms with Crippen LogP contribution in [0.1, 0.15) is 15.9 Å². The first-order chi connectivity index (χ1) is 14.4. The molecule has 1 amide bonds. The Morgan fingerprint density at radius 2 is 1.70 bits per heavy atom. The van der Waals surface area contributed by atoms with E-state index < -0.39 is 15.9 Å². The summed E-state index contributed by atoms with van der Waals surface area (Å²) in [5.41, 5.74) is 2.35. The standard InChI is InChI=1S/C20H25N3O6S/c1-28-16-8-9-17(18(19(16)29-2)20(24)21-25)30(26,27)23-12-10-22(11-13-23)14-15-6-4-3-5-7-15/h3-9,25H,10-14H2,1-2H3,(H,21,24). The van der Waals surface area contributed by atoms with Crippen molar-refractivity contribution in [2.45, 2.75) is 11.4 Å². The number of rotatable bonds is 7. The highest BCUT2D eigenvalue weighted by Gasteiger charge is 2.34. The van der Waals surface area contributed by atoms with E-state index in [1.165, 1.54) is 36.1 Å². The molecule has 1 aliphatic heterocycles. The first kappa shape index (κ1) is 22.0. The van der Waals surface area contributed by atoms with Crippen molar-refractivity contribution in [3.8, 4) is 11.5 Å². The summed E-state index contributed by atoms with van der Waals surface area (Å²) in [6.45, 7) is 2.42. The van der Waals surface area contributed by atoms with Crippen LogP contribution in [0.3, 0.4) is 0 Å². The van der Waals surface area contributed by atoms with E-state index in [-0.39, 0.29) is 35.0 Å². The van der Waals surface area contributed by atoms with E-state index in [9.17, 15) is 13.2 Å². The zero-order valence-corrected chi connectivity index (χ0v) is 17.7. The van der Waals surface area contributed by atoms with Gasteiger partial charge in [0.2, 0.25) is 10.0 Å². The molecule has 2 aromatic carbocycles. The number of benzene rings is 2. The van der Waals surface area contributed by atoms with E-state index in [0.29, 0.717) is 13.1 Å². The molecule has 0 spiro atoms. The number of carbonyl (C=O) groups is 1. The molecule has 0 unspecified atom stereocenters. The number of amides is 1. The van der Waals surface area contributed by atoms with Gasteiger partial charge in [0.05, 0.1) is 19.1 Å². The van der Waals surface area contributed by atoms with E-state index >= 15 is 0 Å². The molecule has 1 heterocycles. The Morgan fingerprint density at radius 3 is 2.27 bits per heavy atom. The fraction of sp³-hybridized carbons (Fsp3) is 0.350. The minimum absolute atomic E-state index is 0.0622. The van der Waals surface area contributed by atoms with Gasteiger partial charge in [-0.2, -0.15) is 4.31 Å². The molecular formula is C20H25N3O6S. The summed E-state index contributed by atoms with van der Waals surface area (Å²) in [5.74, 6) is -0.873. The molecule has 1 aliphatic rings. The van der Waals surface area contributed by atoms with Gasteiger partial charge in [-0.1, -0.05) is 30.3 Å². The van der Waals surface area contributed by atoms with Crippen LogP contribution in [0.5, 0.6) is 11.5 Å². The normalized spacial score (nSPS) is 15.6. The second kappa shape index (κ2) is 9.43. The highest BCUT2D eigenvalue weighted by Crippen LogP contribution is 2.36. The van der Waals surface area contributed by atoms with Gasteiger partial charge in [-0.05, 0) is 17.7 Å². The summed E-state index contributed by atoms with van der Waals surface area (Å²) >= 11 is 0. The number of nitrogens with zero attached hydrogens (tertiary/aromatic N) is 2. The number of sulfonamides is 1. The van der Waals surface area contributed by atoms with E-state index in [4.69, 9.17) is 14.7 Å². The van der Waals surface area contributed by atoms with Gasteiger partial charge in [-0.3, -0.25) is 14.9 Å². The number of methoxy groups -OCH3 is 2. The number of nitrogens with one attached hydrogen (secondary N) is 1. The zero-order valence-electron chi connectivity index (χ0n) is 16.9. The Morgan fingerprint density at radius 1 is 1.03 bits per heavy atom. The Labute approximate surface area is 175 Å². The number of ether oxygens (including phenoxy) is 2. The molecule has 2 N–H and O–H groups in total. The molecular weight excluding hydrogens is 410 g/mol. The van der Waals surface area contributed by atoms with Crippen molar-refractivity contribution in [3.05, 3.63) is 53.6 Å². The van der Waals surface area contributed by atoms with Crippen LogP contribution in [-0.4, -0.2) is 69.1 Å². The Kier molecular flexibility index (Phi) is 6.93. The van der Waals surface area contributed by atoms with E-state index in [1.807, 2.05) is 30.3 Å². The zero-order chi connectivity index (χ0) is 21.7. The molecule has 1 saturated heterocycles. The van der Waals surface area contributed by atoms with Crippen molar-refractivity contribution >= 4 is 15.9 Å². The SMILES string of the molecule is COc1ccc(S(=O)(=O)N2CCN(Cc3ccccc3)CC2)c(C(=O)NO)c1OC. The van der Waals surface area contributed by atoms with Crippen LogP contribution in [-0.2, 0) is 16.6 Å². The van der Waals surface area contributed by atoms with Crippen molar-refractivity contribution in [2.75, 3.05) is 40.4 Å². The maximum atomic E-state index is 13.3. The molecule has 0 atom stereocenters. The minimum Gasteiger partial charge on any atom is -0.493 e. The van der Waals surface area contributed by atoms with Crippen LogP contribution in [0.15, 0.2) is 47.4 Å². The second-order valence-corrected chi connectivity index (χ2v) is 8.69. The number of hydrogen-bond donors (Lipinski definition) is 2. The first-order valence-corrected chi connectivity index (χ1v) is 10.8.